The standard InChI is InChI=1S/C26H28N2O4S/c1-20-15-17-28(18-16-20)33(30,31)25-13-9-23(10-14-25)27-26(29)19-32-24-11-7-22(8-12-24)21-5-3-2-4-6-21/h2-14,20H,15-19H2,1H3,(H,27,29). The van der Waals surface area contributed by atoms with Crippen LogP contribution < -0.4 is 10.1 Å². The molecule has 0 atom stereocenters. The van der Waals surface area contributed by atoms with Crippen molar-refractivity contribution in [3.8, 4) is 16.9 Å². The number of hydrogen-bond acceptors (Lipinski definition) is 4. The molecule has 0 aliphatic carbocycles. The number of hydrogen-bond donors (Lipinski definition) is 1. The van der Waals surface area contributed by atoms with Crippen molar-refractivity contribution in [1.29, 1.82) is 0 Å². The molecule has 6 nitrogen and oxygen atoms in total. The van der Waals surface area contributed by atoms with Gasteiger partial charge in [0.15, 0.2) is 6.61 Å². The smallest absolute Gasteiger partial charge is 0.262 e. The zero-order valence-electron chi connectivity index (χ0n) is 18.6. The van der Waals surface area contributed by atoms with Crippen LogP contribution in [0.2, 0.25) is 0 Å². The highest BCUT2D eigenvalue weighted by atomic mass is 32.2. The summed E-state index contributed by atoms with van der Waals surface area (Å²) < 4.78 is 32.8. The monoisotopic (exact) mass is 464 g/mol. The van der Waals surface area contributed by atoms with E-state index in [9.17, 15) is 13.2 Å². The quantitative estimate of drug-likeness (QED) is 0.545. The molecule has 3 aromatic carbocycles. The summed E-state index contributed by atoms with van der Waals surface area (Å²) in [5.41, 5.74) is 2.71. The molecule has 1 aliphatic heterocycles. The van der Waals surface area contributed by atoms with Gasteiger partial charge in [-0.15, -0.1) is 0 Å². The van der Waals surface area contributed by atoms with E-state index in [1.807, 2.05) is 54.6 Å². The van der Waals surface area contributed by atoms with Crippen molar-refractivity contribution in [2.75, 3.05) is 25.0 Å². The summed E-state index contributed by atoms with van der Waals surface area (Å²) in [6.45, 7) is 3.10. The van der Waals surface area contributed by atoms with Crippen molar-refractivity contribution < 1.29 is 17.9 Å². The summed E-state index contributed by atoms with van der Waals surface area (Å²) in [5.74, 6) is 0.836. The van der Waals surface area contributed by atoms with Crippen molar-refractivity contribution in [1.82, 2.24) is 4.31 Å². The molecule has 1 amide bonds. The maximum Gasteiger partial charge on any atom is 0.262 e. The van der Waals surface area contributed by atoms with E-state index in [0.717, 1.165) is 24.0 Å². The molecule has 0 saturated carbocycles. The van der Waals surface area contributed by atoms with E-state index >= 15 is 0 Å². The van der Waals surface area contributed by atoms with Gasteiger partial charge in [-0.2, -0.15) is 4.31 Å². The lowest BCUT2D eigenvalue weighted by atomic mass is 10.0. The Balaban J connectivity index is 1.30. The van der Waals surface area contributed by atoms with Crippen LogP contribution in [-0.2, 0) is 14.8 Å². The number of benzene rings is 3. The Morgan fingerprint density at radius 3 is 2.15 bits per heavy atom. The molecule has 7 heteroatoms. The van der Waals surface area contributed by atoms with Gasteiger partial charge in [-0.3, -0.25) is 4.79 Å². The molecule has 1 heterocycles. The minimum Gasteiger partial charge on any atom is -0.484 e. The molecule has 1 saturated heterocycles. The zero-order chi connectivity index (χ0) is 23.3. The summed E-state index contributed by atoms with van der Waals surface area (Å²) in [5, 5.41) is 2.74. The number of carbonyl (C=O) groups excluding carboxylic acids is 1. The van der Waals surface area contributed by atoms with E-state index < -0.39 is 10.0 Å². The average Bonchev–Trinajstić information content (AvgIpc) is 2.84. The van der Waals surface area contributed by atoms with Gasteiger partial charge in [0.1, 0.15) is 5.75 Å². The van der Waals surface area contributed by atoms with Crippen LogP contribution in [0.5, 0.6) is 5.75 Å². The second-order valence-electron chi connectivity index (χ2n) is 8.34. The number of amides is 1. The first-order valence-corrected chi connectivity index (χ1v) is 12.5. The molecular weight excluding hydrogens is 436 g/mol. The molecule has 33 heavy (non-hydrogen) atoms. The largest absolute Gasteiger partial charge is 0.484 e. The van der Waals surface area contributed by atoms with Crippen LogP contribution in [0, 0.1) is 5.92 Å². The molecule has 0 radical (unpaired) electrons. The third kappa shape index (κ3) is 5.80. The van der Waals surface area contributed by atoms with Crippen LogP contribution in [0.1, 0.15) is 19.8 Å². The van der Waals surface area contributed by atoms with Gasteiger partial charge in [0.05, 0.1) is 4.90 Å². The predicted molar refractivity (Wildman–Crippen MR) is 130 cm³/mol. The van der Waals surface area contributed by atoms with E-state index in [4.69, 9.17) is 4.74 Å². The lowest BCUT2D eigenvalue weighted by molar-refractivity contribution is -0.118. The van der Waals surface area contributed by atoms with Crippen molar-refractivity contribution >= 4 is 21.6 Å². The Labute approximate surface area is 195 Å². The maximum atomic E-state index is 12.8. The maximum absolute atomic E-state index is 12.8. The van der Waals surface area contributed by atoms with E-state index in [0.29, 0.717) is 30.4 Å². The molecular formula is C26H28N2O4S. The fourth-order valence-electron chi connectivity index (χ4n) is 3.80. The minimum atomic E-state index is -3.50. The zero-order valence-corrected chi connectivity index (χ0v) is 19.4. The van der Waals surface area contributed by atoms with E-state index in [1.165, 1.54) is 16.4 Å². The van der Waals surface area contributed by atoms with Gasteiger partial charge in [0.25, 0.3) is 5.91 Å². The highest BCUT2D eigenvalue weighted by molar-refractivity contribution is 7.89. The van der Waals surface area contributed by atoms with Gasteiger partial charge in [-0.1, -0.05) is 49.4 Å². The van der Waals surface area contributed by atoms with E-state index in [1.54, 1.807) is 12.1 Å². The second kappa shape index (κ2) is 10.2. The number of nitrogens with one attached hydrogen (secondary N) is 1. The molecule has 0 aromatic heterocycles. The molecule has 4 rings (SSSR count). The summed E-state index contributed by atoms with van der Waals surface area (Å²) in [6, 6.07) is 23.8. The average molecular weight is 465 g/mol. The minimum absolute atomic E-state index is 0.142. The number of sulfonamides is 1. The third-order valence-corrected chi connectivity index (χ3v) is 7.76. The summed E-state index contributed by atoms with van der Waals surface area (Å²) in [7, 11) is -3.50. The van der Waals surface area contributed by atoms with Gasteiger partial charge in [-0.05, 0) is 66.3 Å². The molecule has 1 N–H and O–H groups in total. The molecule has 0 unspecified atom stereocenters. The van der Waals surface area contributed by atoms with Crippen molar-refractivity contribution in [3.63, 3.8) is 0 Å². The number of carbonyl (C=O) groups is 1. The predicted octanol–water partition coefficient (Wildman–Crippen LogP) is 4.79. The Morgan fingerprint density at radius 2 is 1.52 bits per heavy atom. The van der Waals surface area contributed by atoms with Crippen LogP contribution >= 0.6 is 0 Å². The summed E-state index contributed by atoms with van der Waals surface area (Å²) >= 11 is 0. The highest BCUT2D eigenvalue weighted by Gasteiger charge is 2.27. The van der Waals surface area contributed by atoms with Gasteiger partial charge in [0, 0.05) is 18.8 Å². The number of anilines is 1. The highest BCUT2D eigenvalue weighted by Crippen LogP contribution is 2.25. The van der Waals surface area contributed by atoms with Crippen molar-refractivity contribution in [3.05, 3.63) is 78.9 Å². The third-order valence-electron chi connectivity index (χ3n) is 5.85. The topological polar surface area (TPSA) is 75.7 Å². The van der Waals surface area contributed by atoms with Crippen LogP contribution in [0.15, 0.2) is 83.8 Å². The Hall–Kier alpha value is -3.16. The van der Waals surface area contributed by atoms with Gasteiger partial charge >= 0.3 is 0 Å². The van der Waals surface area contributed by atoms with E-state index in [-0.39, 0.29) is 17.4 Å². The molecule has 3 aromatic rings. The van der Waals surface area contributed by atoms with Crippen molar-refractivity contribution in [2.45, 2.75) is 24.7 Å². The summed E-state index contributed by atoms with van der Waals surface area (Å²) in [4.78, 5) is 12.5. The van der Waals surface area contributed by atoms with Crippen LogP contribution in [0.4, 0.5) is 5.69 Å². The van der Waals surface area contributed by atoms with Gasteiger partial charge < -0.3 is 10.1 Å². The first kappa shape index (κ1) is 23.0. The first-order chi connectivity index (χ1) is 15.9. The fraction of sp³-hybridized carbons (Fsp3) is 0.269. The molecule has 1 aliphatic rings. The molecule has 1 fully saturated rings. The van der Waals surface area contributed by atoms with Crippen molar-refractivity contribution in [2.24, 2.45) is 5.92 Å². The first-order valence-electron chi connectivity index (χ1n) is 11.1. The van der Waals surface area contributed by atoms with Gasteiger partial charge in [-0.25, -0.2) is 8.42 Å². The molecule has 0 spiro atoms. The Morgan fingerprint density at radius 1 is 0.909 bits per heavy atom. The Kier molecular flexibility index (Phi) is 7.11. The Bertz CT molecular complexity index is 1170. The van der Waals surface area contributed by atoms with Crippen LogP contribution in [0.25, 0.3) is 11.1 Å². The molecule has 172 valence electrons. The fourth-order valence-corrected chi connectivity index (χ4v) is 5.27. The second-order valence-corrected chi connectivity index (χ2v) is 10.3. The van der Waals surface area contributed by atoms with Gasteiger partial charge in [0.2, 0.25) is 10.0 Å². The normalized spacial score (nSPS) is 15.2. The lowest BCUT2D eigenvalue weighted by Gasteiger charge is -2.29. The number of rotatable bonds is 7. The van der Waals surface area contributed by atoms with Crippen LogP contribution in [0.3, 0.4) is 0 Å². The van der Waals surface area contributed by atoms with Crippen LogP contribution in [-0.4, -0.2) is 38.3 Å². The molecule has 0 bridgehead atoms. The SMILES string of the molecule is CC1CCN(S(=O)(=O)c2ccc(NC(=O)COc3ccc(-c4ccccc4)cc3)cc2)CC1. The summed E-state index contributed by atoms with van der Waals surface area (Å²) in [6.07, 6.45) is 1.75. The number of ether oxygens (including phenoxy) is 1. The number of nitrogens with zero attached hydrogens (tertiary/aromatic N) is 1. The lowest BCUT2D eigenvalue weighted by Crippen LogP contribution is -2.37. The number of piperidine rings is 1. The van der Waals surface area contributed by atoms with E-state index in [2.05, 4.69) is 12.2 Å².